The summed E-state index contributed by atoms with van der Waals surface area (Å²) in [5.41, 5.74) is 2.93. The van der Waals surface area contributed by atoms with Crippen molar-refractivity contribution in [3.8, 4) is 11.8 Å². The second-order valence-corrected chi connectivity index (χ2v) is 7.70. The van der Waals surface area contributed by atoms with Crippen molar-refractivity contribution in [2.24, 2.45) is 0 Å². The lowest BCUT2D eigenvalue weighted by molar-refractivity contribution is -0.135. The molecule has 0 spiro atoms. The lowest BCUT2D eigenvalue weighted by Gasteiger charge is -2.26. The lowest BCUT2D eigenvalue weighted by atomic mass is 10.0. The molecule has 7 heteroatoms. The molecule has 0 N–H and O–H groups in total. The number of aryl methyl sites for hydroxylation is 1. The lowest BCUT2D eigenvalue weighted by Crippen LogP contribution is -2.40. The van der Waals surface area contributed by atoms with Crippen LogP contribution in [0.4, 0.5) is 0 Å². The standard InChI is InChI=1S/C24H25N3O4/c25-16-19-2-1-3-20(15-19)24(29)27-10-13-31-22-6-4-18(14-21(22)17-27)5-7-23(28)26-8-11-30-12-9-26/h1-4,6,14-15H,5,7-13,17H2. The quantitative estimate of drug-likeness (QED) is 0.760. The van der Waals surface area contributed by atoms with Crippen LogP contribution in [-0.4, -0.2) is 61.1 Å². The zero-order chi connectivity index (χ0) is 21.6. The molecule has 0 aromatic heterocycles. The van der Waals surface area contributed by atoms with Gasteiger partial charge in [-0.15, -0.1) is 0 Å². The van der Waals surface area contributed by atoms with Crippen LogP contribution < -0.4 is 4.74 Å². The van der Waals surface area contributed by atoms with Crippen molar-refractivity contribution in [3.05, 3.63) is 64.7 Å². The molecule has 1 fully saturated rings. The average Bonchev–Trinajstić information content (AvgIpc) is 3.04. The molecular weight excluding hydrogens is 394 g/mol. The van der Waals surface area contributed by atoms with E-state index in [0.29, 0.717) is 70.0 Å². The van der Waals surface area contributed by atoms with Gasteiger partial charge >= 0.3 is 0 Å². The molecule has 2 aromatic rings. The Morgan fingerprint density at radius 1 is 1.00 bits per heavy atom. The van der Waals surface area contributed by atoms with Crippen molar-refractivity contribution < 1.29 is 19.1 Å². The Balaban J connectivity index is 1.44. The number of rotatable bonds is 4. The second-order valence-electron chi connectivity index (χ2n) is 7.70. The van der Waals surface area contributed by atoms with E-state index >= 15 is 0 Å². The van der Waals surface area contributed by atoms with Crippen molar-refractivity contribution in [3.63, 3.8) is 0 Å². The third-order valence-corrected chi connectivity index (χ3v) is 5.62. The first kappa shape index (κ1) is 20.9. The molecule has 160 valence electrons. The predicted molar refractivity (Wildman–Crippen MR) is 114 cm³/mol. The van der Waals surface area contributed by atoms with Crippen LogP contribution in [-0.2, 0) is 22.5 Å². The van der Waals surface area contributed by atoms with E-state index in [4.69, 9.17) is 14.7 Å². The van der Waals surface area contributed by atoms with Gasteiger partial charge in [0.1, 0.15) is 12.4 Å². The second kappa shape index (κ2) is 9.63. The van der Waals surface area contributed by atoms with E-state index in [-0.39, 0.29) is 11.8 Å². The molecule has 31 heavy (non-hydrogen) atoms. The summed E-state index contributed by atoms with van der Waals surface area (Å²) in [6.07, 6.45) is 1.09. The Kier molecular flexibility index (Phi) is 6.48. The Bertz CT molecular complexity index is 1010. The van der Waals surface area contributed by atoms with Gasteiger partial charge in [0.2, 0.25) is 5.91 Å². The number of ether oxygens (including phenoxy) is 2. The number of fused-ring (bicyclic) bond motifs is 1. The van der Waals surface area contributed by atoms with Crippen LogP contribution in [0.5, 0.6) is 5.75 Å². The predicted octanol–water partition coefficient (Wildman–Crippen LogP) is 2.38. The number of nitrogens with zero attached hydrogens (tertiary/aromatic N) is 3. The van der Waals surface area contributed by atoms with E-state index in [1.54, 1.807) is 29.2 Å². The van der Waals surface area contributed by atoms with Gasteiger partial charge in [-0.2, -0.15) is 5.26 Å². The average molecular weight is 419 g/mol. The molecule has 2 amide bonds. The molecule has 0 atom stereocenters. The molecule has 0 aliphatic carbocycles. The minimum atomic E-state index is -0.124. The summed E-state index contributed by atoms with van der Waals surface area (Å²) >= 11 is 0. The molecule has 0 bridgehead atoms. The first-order valence-electron chi connectivity index (χ1n) is 10.5. The Morgan fingerprint density at radius 3 is 2.61 bits per heavy atom. The summed E-state index contributed by atoms with van der Waals surface area (Å²) in [6.45, 7) is 3.81. The van der Waals surface area contributed by atoms with Gasteiger partial charge in [0, 0.05) is 37.2 Å². The van der Waals surface area contributed by atoms with Crippen molar-refractivity contribution in [1.29, 1.82) is 5.26 Å². The van der Waals surface area contributed by atoms with E-state index in [1.165, 1.54) is 0 Å². The van der Waals surface area contributed by atoms with Gasteiger partial charge in [-0.3, -0.25) is 9.59 Å². The van der Waals surface area contributed by atoms with Crippen molar-refractivity contribution in [2.75, 3.05) is 39.5 Å². The highest BCUT2D eigenvalue weighted by atomic mass is 16.5. The first-order valence-corrected chi connectivity index (χ1v) is 10.5. The fraction of sp³-hybridized carbons (Fsp3) is 0.375. The Morgan fingerprint density at radius 2 is 1.81 bits per heavy atom. The smallest absolute Gasteiger partial charge is 0.254 e. The van der Waals surface area contributed by atoms with E-state index in [2.05, 4.69) is 6.07 Å². The highest BCUT2D eigenvalue weighted by molar-refractivity contribution is 5.94. The Labute approximate surface area is 181 Å². The maximum Gasteiger partial charge on any atom is 0.254 e. The van der Waals surface area contributed by atoms with Gasteiger partial charge in [-0.05, 0) is 36.2 Å². The molecule has 4 rings (SSSR count). The monoisotopic (exact) mass is 419 g/mol. The van der Waals surface area contributed by atoms with Gasteiger partial charge in [0.15, 0.2) is 0 Å². The number of nitriles is 1. The number of amides is 2. The fourth-order valence-electron chi connectivity index (χ4n) is 3.90. The molecule has 2 aromatic carbocycles. The maximum atomic E-state index is 13.0. The van der Waals surface area contributed by atoms with Gasteiger partial charge in [0.05, 0.1) is 31.4 Å². The summed E-state index contributed by atoms with van der Waals surface area (Å²) < 4.78 is 11.2. The third kappa shape index (κ3) is 5.04. The van der Waals surface area contributed by atoms with E-state index in [0.717, 1.165) is 16.9 Å². The van der Waals surface area contributed by atoms with Crippen LogP contribution in [0.15, 0.2) is 42.5 Å². The van der Waals surface area contributed by atoms with Crippen LogP contribution in [0.3, 0.4) is 0 Å². The van der Waals surface area contributed by atoms with Crippen molar-refractivity contribution >= 4 is 11.8 Å². The number of hydrogen-bond donors (Lipinski definition) is 0. The summed E-state index contributed by atoms with van der Waals surface area (Å²) in [5, 5.41) is 9.10. The maximum absolute atomic E-state index is 13.0. The van der Waals surface area contributed by atoms with Gasteiger partial charge in [-0.25, -0.2) is 0 Å². The molecule has 1 saturated heterocycles. The zero-order valence-corrected chi connectivity index (χ0v) is 17.4. The van der Waals surface area contributed by atoms with Crippen molar-refractivity contribution in [1.82, 2.24) is 9.80 Å². The molecule has 2 aliphatic heterocycles. The van der Waals surface area contributed by atoms with Crippen LogP contribution in [0.2, 0.25) is 0 Å². The molecule has 0 radical (unpaired) electrons. The highest BCUT2D eigenvalue weighted by Crippen LogP contribution is 2.26. The van der Waals surface area contributed by atoms with Gasteiger partial charge in [0.25, 0.3) is 5.91 Å². The van der Waals surface area contributed by atoms with Crippen molar-refractivity contribution in [2.45, 2.75) is 19.4 Å². The normalized spacial score (nSPS) is 16.0. The molecular formula is C24H25N3O4. The largest absolute Gasteiger partial charge is 0.491 e. The number of benzene rings is 2. The molecule has 0 unspecified atom stereocenters. The van der Waals surface area contributed by atoms with E-state index in [9.17, 15) is 9.59 Å². The number of hydrogen-bond acceptors (Lipinski definition) is 5. The van der Waals surface area contributed by atoms with Crippen LogP contribution in [0.1, 0.15) is 33.5 Å². The highest BCUT2D eigenvalue weighted by Gasteiger charge is 2.22. The molecule has 2 aliphatic rings. The molecule has 0 saturated carbocycles. The molecule has 7 nitrogen and oxygen atoms in total. The first-order chi connectivity index (χ1) is 15.1. The summed E-state index contributed by atoms with van der Waals surface area (Å²) in [7, 11) is 0. The number of carbonyl (C=O) groups is 2. The zero-order valence-electron chi connectivity index (χ0n) is 17.4. The van der Waals surface area contributed by atoms with E-state index in [1.807, 2.05) is 23.1 Å². The van der Waals surface area contributed by atoms with E-state index < -0.39 is 0 Å². The summed E-state index contributed by atoms with van der Waals surface area (Å²) in [6, 6.07) is 14.8. The fourth-order valence-corrected chi connectivity index (χ4v) is 3.90. The van der Waals surface area contributed by atoms with Gasteiger partial charge in [-0.1, -0.05) is 18.2 Å². The van der Waals surface area contributed by atoms with Crippen LogP contribution in [0.25, 0.3) is 0 Å². The van der Waals surface area contributed by atoms with Crippen LogP contribution >= 0.6 is 0 Å². The SMILES string of the molecule is N#Cc1cccc(C(=O)N2CCOc3ccc(CCC(=O)N4CCOCC4)cc3C2)c1. The summed E-state index contributed by atoms with van der Waals surface area (Å²) in [4.78, 5) is 29.0. The van der Waals surface area contributed by atoms with Gasteiger partial charge < -0.3 is 19.3 Å². The number of morpholine rings is 1. The third-order valence-electron chi connectivity index (χ3n) is 5.62. The summed E-state index contributed by atoms with van der Waals surface area (Å²) in [5.74, 6) is 0.787. The van der Waals surface area contributed by atoms with Crippen LogP contribution in [0, 0.1) is 11.3 Å². The topological polar surface area (TPSA) is 82.9 Å². The minimum absolute atomic E-state index is 0.124. The Hall–Kier alpha value is -3.37. The number of carbonyl (C=O) groups excluding carboxylic acids is 2. The molecule has 2 heterocycles. The minimum Gasteiger partial charge on any atom is -0.491 e.